The first-order chi connectivity index (χ1) is 10.9. The van der Waals surface area contributed by atoms with E-state index >= 15 is 0 Å². The molecule has 0 aliphatic carbocycles. The Labute approximate surface area is 130 Å². The van der Waals surface area contributed by atoms with E-state index in [-0.39, 0.29) is 0 Å². The molecule has 0 bridgehead atoms. The number of nitrogens with zero attached hydrogens (tertiary/aromatic N) is 3. The fraction of sp³-hybridized carbons (Fsp3) is 0.278. The van der Waals surface area contributed by atoms with Crippen molar-refractivity contribution in [3.8, 4) is 0 Å². The topological polar surface area (TPSA) is 35.2 Å². The lowest BCUT2D eigenvalue weighted by Crippen LogP contribution is -2.46. The predicted molar refractivity (Wildman–Crippen MR) is 90.0 cm³/mol. The van der Waals surface area contributed by atoms with Crippen LogP contribution in [0.5, 0.6) is 0 Å². The predicted octanol–water partition coefficient (Wildman–Crippen LogP) is 2.89. The van der Waals surface area contributed by atoms with Crippen LogP contribution in [0.2, 0.25) is 0 Å². The Bertz CT molecular complexity index is 709. The number of imidazole rings is 1. The summed E-state index contributed by atoms with van der Waals surface area (Å²) in [5.74, 6) is 1.00. The first-order valence-electron chi connectivity index (χ1n) is 7.84. The summed E-state index contributed by atoms with van der Waals surface area (Å²) in [7, 11) is 0. The highest BCUT2D eigenvalue weighted by Gasteiger charge is 2.19. The quantitative estimate of drug-likeness (QED) is 0.806. The number of fused-ring (bicyclic) bond motifs is 1. The minimum atomic E-state index is 1.00. The average molecular weight is 292 g/mol. The van der Waals surface area contributed by atoms with E-state index in [4.69, 9.17) is 4.98 Å². The van der Waals surface area contributed by atoms with Gasteiger partial charge in [0.05, 0.1) is 11.0 Å². The summed E-state index contributed by atoms with van der Waals surface area (Å²) >= 11 is 0. The second-order valence-corrected chi connectivity index (χ2v) is 5.83. The third-order valence-corrected chi connectivity index (χ3v) is 4.30. The van der Waals surface area contributed by atoms with E-state index in [2.05, 4.69) is 57.2 Å². The number of piperazine rings is 1. The van der Waals surface area contributed by atoms with Crippen molar-refractivity contribution in [1.29, 1.82) is 0 Å². The minimum absolute atomic E-state index is 1.00. The minimum Gasteiger partial charge on any atom is -0.340 e. The standard InChI is InChI=1S/C18H20N4/c1-2-6-15(7-3-1)14-21-10-12-22(13-11-21)18-19-16-8-4-5-9-17(16)20-18/h1-9H,10-14H2,(H,19,20). The Morgan fingerprint density at radius 3 is 2.36 bits per heavy atom. The Kier molecular flexibility index (Phi) is 3.52. The molecular formula is C18H20N4. The smallest absolute Gasteiger partial charge is 0.203 e. The number of anilines is 1. The van der Waals surface area contributed by atoms with Crippen molar-refractivity contribution in [3.63, 3.8) is 0 Å². The van der Waals surface area contributed by atoms with Gasteiger partial charge in [-0.1, -0.05) is 42.5 Å². The highest BCUT2D eigenvalue weighted by Crippen LogP contribution is 2.18. The fourth-order valence-corrected chi connectivity index (χ4v) is 3.05. The van der Waals surface area contributed by atoms with Gasteiger partial charge in [-0.2, -0.15) is 0 Å². The van der Waals surface area contributed by atoms with Crippen molar-refractivity contribution >= 4 is 17.0 Å². The second-order valence-electron chi connectivity index (χ2n) is 5.83. The molecule has 2 aromatic carbocycles. The molecule has 1 aliphatic rings. The third-order valence-electron chi connectivity index (χ3n) is 4.30. The molecule has 0 spiro atoms. The van der Waals surface area contributed by atoms with Gasteiger partial charge in [0.2, 0.25) is 5.95 Å². The number of nitrogens with one attached hydrogen (secondary N) is 1. The van der Waals surface area contributed by atoms with Gasteiger partial charge in [0, 0.05) is 32.7 Å². The van der Waals surface area contributed by atoms with Crippen LogP contribution in [-0.2, 0) is 6.54 Å². The molecule has 0 saturated carbocycles. The number of aromatic amines is 1. The maximum absolute atomic E-state index is 4.70. The summed E-state index contributed by atoms with van der Waals surface area (Å²) in [5, 5.41) is 0. The highest BCUT2D eigenvalue weighted by atomic mass is 15.3. The van der Waals surface area contributed by atoms with E-state index in [1.54, 1.807) is 0 Å². The van der Waals surface area contributed by atoms with E-state index in [0.717, 1.165) is 49.7 Å². The molecule has 4 nitrogen and oxygen atoms in total. The molecule has 1 aliphatic heterocycles. The molecule has 22 heavy (non-hydrogen) atoms. The van der Waals surface area contributed by atoms with Gasteiger partial charge in [0.1, 0.15) is 0 Å². The molecule has 1 N–H and O–H groups in total. The van der Waals surface area contributed by atoms with Gasteiger partial charge in [-0.25, -0.2) is 4.98 Å². The van der Waals surface area contributed by atoms with E-state index in [1.165, 1.54) is 5.56 Å². The van der Waals surface area contributed by atoms with Crippen LogP contribution in [0.25, 0.3) is 11.0 Å². The van der Waals surface area contributed by atoms with Crippen LogP contribution < -0.4 is 4.90 Å². The summed E-state index contributed by atoms with van der Waals surface area (Å²) < 4.78 is 0. The van der Waals surface area contributed by atoms with Crippen LogP contribution in [-0.4, -0.2) is 41.0 Å². The fourth-order valence-electron chi connectivity index (χ4n) is 3.05. The van der Waals surface area contributed by atoms with Crippen molar-refractivity contribution in [2.24, 2.45) is 0 Å². The van der Waals surface area contributed by atoms with E-state index in [0.29, 0.717) is 0 Å². The molecule has 0 atom stereocenters. The van der Waals surface area contributed by atoms with Gasteiger partial charge >= 0.3 is 0 Å². The average Bonchev–Trinajstić information content (AvgIpc) is 3.00. The van der Waals surface area contributed by atoms with Gasteiger partial charge in [0.15, 0.2) is 0 Å². The zero-order chi connectivity index (χ0) is 14.8. The van der Waals surface area contributed by atoms with Crippen LogP contribution in [0.4, 0.5) is 5.95 Å². The van der Waals surface area contributed by atoms with E-state index < -0.39 is 0 Å². The van der Waals surface area contributed by atoms with Crippen molar-refractivity contribution in [2.45, 2.75) is 6.54 Å². The number of hydrogen-bond donors (Lipinski definition) is 1. The Morgan fingerprint density at radius 2 is 1.59 bits per heavy atom. The van der Waals surface area contributed by atoms with Crippen LogP contribution in [0.3, 0.4) is 0 Å². The number of rotatable bonds is 3. The molecule has 1 aromatic heterocycles. The van der Waals surface area contributed by atoms with Gasteiger partial charge in [-0.3, -0.25) is 4.90 Å². The molecule has 1 fully saturated rings. The lowest BCUT2D eigenvalue weighted by molar-refractivity contribution is 0.249. The number of H-pyrrole nitrogens is 1. The summed E-state index contributed by atoms with van der Waals surface area (Å²) in [6, 6.07) is 18.9. The normalized spacial score (nSPS) is 16.3. The maximum Gasteiger partial charge on any atom is 0.203 e. The zero-order valence-electron chi connectivity index (χ0n) is 12.6. The van der Waals surface area contributed by atoms with Crippen LogP contribution in [0.15, 0.2) is 54.6 Å². The monoisotopic (exact) mass is 292 g/mol. The van der Waals surface area contributed by atoms with Gasteiger partial charge in [-0.05, 0) is 17.7 Å². The Morgan fingerprint density at radius 1 is 0.864 bits per heavy atom. The van der Waals surface area contributed by atoms with Crippen LogP contribution in [0, 0.1) is 0 Å². The molecule has 0 radical (unpaired) electrons. The summed E-state index contributed by atoms with van der Waals surface area (Å²) in [6.07, 6.45) is 0. The van der Waals surface area contributed by atoms with Crippen LogP contribution in [0.1, 0.15) is 5.56 Å². The van der Waals surface area contributed by atoms with Crippen LogP contribution >= 0.6 is 0 Å². The first kappa shape index (κ1) is 13.3. The maximum atomic E-state index is 4.70. The molecule has 112 valence electrons. The molecule has 0 unspecified atom stereocenters. The van der Waals surface area contributed by atoms with E-state index in [9.17, 15) is 0 Å². The number of aromatic nitrogens is 2. The summed E-state index contributed by atoms with van der Waals surface area (Å²) in [5.41, 5.74) is 3.55. The SMILES string of the molecule is c1ccc(CN2CCN(c3nc4ccccc4[nH]3)CC2)cc1. The largest absolute Gasteiger partial charge is 0.340 e. The molecule has 4 heteroatoms. The highest BCUT2D eigenvalue weighted by molar-refractivity contribution is 5.77. The summed E-state index contributed by atoms with van der Waals surface area (Å²) in [6.45, 7) is 5.23. The van der Waals surface area contributed by atoms with Gasteiger partial charge < -0.3 is 9.88 Å². The number of benzene rings is 2. The second kappa shape index (κ2) is 5.81. The van der Waals surface area contributed by atoms with Crippen molar-refractivity contribution in [3.05, 3.63) is 60.2 Å². The molecule has 1 saturated heterocycles. The number of hydrogen-bond acceptors (Lipinski definition) is 3. The Balaban J connectivity index is 1.41. The van der Waals surface area contributed by atoms with Gasteiger partial charge in [0.25, 0.3) is 0 Å². The van der Waals surface area contributed by atoms with Gasteiger partial charge in [-0.15, -0.1) is 0 Å². The van der Waals surface area contributed by atoms with Crippen molar-refractivity contribution in [1.82, 2.24) is 14.9 Å². The lowest BCUT2D eigenvalue weighted by atomic mass is 10.2. The zero-order valence-corrected chi connectivity index (χ0v) is 12.6. The van der Waals surface area contributed by atoms with Crippen molar-refractivity contribution in [2.75, 3.05) is 31.1 Å². The molecule has 4 rings (SSSR count). The number of para-hydroxylation sites is 2. The van der Waals surface area contributed by atoms with Crippen molar-refractivity contribution < 1.29 is 0 Å². The van der Waals surface area contributed by atoms with E-state index in [1.807, 2.05) is 12.1 Å². The Hall–Kier alpha value is -2.33. The first-order valence-corrected chi connectivity index (χ1v) is 7.84. The molecule has 0 amide bonds. The molecular weight excluding hydrogens is 272 g/mol. The third kappa shape index (κ3) is 2.70. The summed E-state index contributed by atoms with van der Waals surface area (Å²) in [4.78, 5) is 13.0. The molecule has 3 aromatic rings. The lowest BCUT2D eigenvalue weighted by Gasteiger charge is -2.34. The molecule has 2 heterocycles.